The summed E-state index contributed by atoms with van der Waals surface area (Å²) >= 11 is 0. The van der Waals surface area contributed by atoms with Gasteiger partial charge in [0.25, 0.3) is 0 Å². The average molecular weight is 452 g/mol. The summed E-state index contributed by atoms with van der Waals surface area (Å²) in [5.41, 5.74) is 3.36. The highest BCUT2D eigenvalue weighted by atomic mass is 19.1. The summed E-state index contributed by atoms with van der Waals surface area (Å²) in [5.74, 6) is -0.230. The highest BCUT2D eigenvalue weighted by Crippen LogP contribution is 2.20. The minimum Gasteiger partial charge on any atom is -0.311 e. The Morgan fingerprint density at radius 1 is 0.848 bits per heavy atom. The fourth-order valence-electron chi connectivity index (χ4n) is 3.90. The van der Waals surface area contributed by atoms with Gasteiger partial charge in [0.15, 0.2) is 0 Å². The van der Waals surface area contributed by atoms with E-state index in [1.54, 1.807) is 16.9 Å². The predicted molar refractivity (Wildman–Crippen MR) is 134 cm³/mol. The molecule has 1 heterocycles. The minimum absolute atomic E-state index is 0.230. The molecule has 0 aliphatic rings. The van der Waals surface area contributed by atoms with Crippen LogP contribution in [-0.4, -0.2) is 46.1 Å². The summed E-state index contributed by atoms with van der Waals surface area (Å²) in [6.07, 6.45) is 6.13. The molecular formula is C27H38FN5. The molecule has 0 atom stereocenters. The molecule has 0 saturated carbocycles. The van der Waals surface area contributed by atoms with Crippen LogP contribution in [0.4, 0.5) is 4.39 Å². The maximum atomic E-state index is 14.1. The van der Waals surface area contributed by atoms with E-state index in [0.717, 1.165) is 36.5 Å². The topological polar surface area (TPSA) is 46.0 Å². The van der Waals surface area contributed by atoms with Gasteiger partial charge in [0.05, 0.1) is 6.54 Å². The third-order valence-electron chi connectivity index (χ3n) is 5.82. The van der Waals surface area contributed by atoms with E-state index in [9.17, 15) is 4.39 Å². The lowest BCUT2D eigenvalue weighted by Crippen LogP contribution is -2.29. The molecular weight excluding hydrogens is 413 g/mol. The number of rotatable bonds is 15. The smallest absolute Gasteiger partial charge is 0.128 e. The normalized spacial score (nSPS) is 11.4. The van der Waals surface area contributed by atoms with Crippen molar-refractivity contribution in [1.29, 1.82) is 0 Å². The van der Waals surface area contributed by atoms with Crippen molar-refractivity contribution in [3.8, 4) is 11.3 Å². The van der Waals surface area contributed by atoms with Gasteiger partial charge in [-0.1, -0.05) is 75.2 Å². The second-order valence-corrected chi connectivity index (χ2v) is 8.56. The summed E-state index contributed by atoms with van der Waals surface area (Å²) in [5, 5.41) is 13.0. The van der Waals surface area contributed by atoms with Crippen molar-refractivity contribution in [3.05, 3.63) is 71.7 Å². The molecule has 0 spiro atoms. The molecule has 0 bridgehead atoms. The molecule has 0 fully saturated rings. The monoisotopic (exact) mass is 451 g/mol. The van der Waals surface area contributed by atoms with Crippen molar-refractivity contribution in [2.45, 2.75) is 59.0 Å². The lowest BCUT2D eigenvalue weighted by Gasteiger charge is -2.21. The van der Waals surface area contributed by atoms with Crippen LogP contribution in [0.15, 0.2) is 54.6 Å². The second-order valence-electron chi connectivity index (χ2n) is 8.56. The summed E-state index contributed by atoms with van der Waals surface area (Å²) in [4.78, 5) is 4.20. The van der Waals surface area contributed by atoms with Crippen LogP contribution in [0.1, 0.15) is 57.2 Å². The molecule has 1 N–H and O–H groups in total. The van der Waals surface area contributed by atoms with Gasteiger partial charge in [-0.05, 0) is 51.5 Å². The largest absolute Gasteiger partial charge is 0.311 e. The van der Waals surface area contributed by atoms with E-state index in [2.05, 4.69) is 24.1 Å². The second kappa shape index (κ2) is 13.9. The molecule has 0 radical (unpaired) electrons. The van der Waals surface area contributed by atoms with Gasteiger partial charge < -0.3 is 10.2 Å². The lowest BCUT2D eigenvalue weighted by molar-refractivity contribution is 0.261. The van der Waals surface area contributed by atoms with Gasteiger partial charge in [-0.25, -0.2) is 4.39 Å². The number of unbranched alkanes of at least 4 members (excludes halogenated alkanes) is 2. The summed E-state index contributed by atoms with van der Waals surface area (Å²) in [6.45, 7) is 9.91. The van der Waals surface area contributed by atoms with Crippen molar-refractivity contribution < 1.29 is 4.39 Å². The molecule has 0 aliphatic carbocycles. The van der Waals surface area contributed by atoms with E-state index in [1.807, 2.05) is 36.4 Å². The molecule has 3 aromatic rings. The van der Waals surface area contributed by atoms with E-state index < -0.39 is 0 Å². The summed E-state index contributed by atoms with van der Waals surface area (Å²) in [7, 11) is 0. The predicted octanol–water partition coefficient (Wildman–Crippen LogP) is 5.51. The molecule has 2 aromatic carbocycles. The van der Waals surface area contributed by atoms with Crippen LogP contribution in [0, 0.1) is 5.82 Å². The van der Waals surface area contributed by atoms with E-state index in [1.165, 1.54) is 44.8 Å². The van der Waals surface area contributed by atoms with Crippen LogP contribution in [0.2, 0.25) is 0 Å². The Hall–Kier alpha value is -2.57. The minimum atomic E-state index is -0.230. The number of hydrogen-bond acceptors (Lipinski definition) is 4. The van der Waals surface area contributed by atoms with Crippen molar-refractivity contribution in [1.82, 2.24) is 25.2 Å². The van der Waals surface area contributed by atoms with E-state index >= 15 is 0 Å². The van der Waals surface area contributed by atoms with Crippen LogP contribution < -0.4 is 5.32 Å². The molecule has 0 unspecified atom stereocenters. The third kappa shape index (κ3) is 8.06. The van der Waals surface area contributed by atoms with Gasteiger partial charge in [-0.15, -0.1) is 0 Å². The number of aromatic nitrogens is 3. The number of nitrogens with zero attached hydrogens (tertiary/aromatic N) is 4. The zero-order valence-electron chi connectivity index (χ0n) is 20.1. The van der Waals surface area contributed by atoms with Crippen LogP contribution in [-0.2, 0) is 13.1 Å². The van der Waals surface area contributed by atoms with Gasteiger partial charge in [0.1, 0.15) is 17.2 Å². The molecule has 178 valence electrons. The highest BCUT2D eigenvalue weighted by molar-refractivity contribution is 5.60. The van der Waals surface area contributed by atoms with Crippen LogP contribution in [0.3, 0.4) is 0 Å². The maximum Gasteiger partial charge on any atom is 0.128 e. The van der Waals surface area contributed by atoms with Crippen molar-refractivity contribution in [2.75, 3.05) is 26.2 Å². The van der Waals surface area contributed by atoms with Gasteiger partial charge in [0.2, 0.25) is 0 Å². The number of benzene rings is 2. The van der Waals surface area contributed by atoms with Crippen LogP contribution in [0.25, 0.3) is 11.3 Å². The summed E-state index contributed by atoms with van der Waals surface area (Å²) in [6, 6.07) is 16.9. The van der Waals surface area contributed by atoms with E-state index in [-0.39, 0.29) is 5.82 Å². The van der Waals surface area contributed by atoms with Crippen molar-refractivity contribution >= 4 is 0 Å². The Morgan fingerprint density at radius 3 is 2.21 bits per heavy atom. The third-order valence-corrected chi connectivity index (χ3v) is 5.82. The average Bonchev–Trinajstić information content (AvgIpc) is 3.24. The molecule has 5 nitrogen and oxygen atoms in total. The molecule has 0 aliphatic heterocycles. The first kappa shape index (κ1) is 25.1. The standard InChI is InChI=1S/C27H38FN5/c1-3-5-18-32(19-6-4-2)20-12-17-29-21-26-27(23-13-8-7-9-14-23)31-33(30-26)22-24-15-10-11-16-25(24)28/h7-11,13-16,29H,3-6,12,17-22H2,1-2H3. The molecule has 0 amide bonds. The van der Waals surface area contributed by atoms with Crippen LogP contribution in [0.5, 0.6) is 0 Å². The Bertz CT molecular complexity index is 933. The van der Waals surface area contributed by atoms with Gasteiger partial charge >= 0.3 is 0 Å². The fraction of sp³-hybridized carbons (Fsp3) is 0.481. The molecule has 6 heteroatoms. The van der Waals surface area contributed by atoms with E-state index in [4.69, 9.17) is 10.2 Å². The number of nitrogens with one attached hydrogen (secondary N) is 1. The summed E-state index contributed by atoms with van der Waals surface area (Å²) < 4.78 is 14.1. The first-order valence-corrected chi connectivity index (χ1v) is 12.4. The SMILES string of the molecule is CCCCN(CCCC)CCCNCc1nn(Cc2ccccc2F)nc1-c1ccccc1. The fourth-order valence-corrected chi connectivity index (χ4v) is 3.90. The molecule has 33 heavy (non-hydrogen) atoms. The Morgan fingerprint density at radius 2 is 1.52 bits per heavy atom. The maximum absolute atomic E-state index is 14.1. The molecule has 0 saturated heterocycles. The zero-order chi connectivity index (χ0) is 23.3. The van der Waals surface area contributed by atoms with Gasteiger partial charge in [-0.2, -0.15) is 15.0 Å². The highest BCUT2D eigenvalue weighted by Gasteiger charge is 2.14. The lowest BCUT2D eigenvalue weighted by atomic mass is 10.1. The van der Waals surface area contributed by atoms with Crippen LogP contribution >= 0.6 is 0 Å². The van der Waals surface area contributed by atoms with E-state index in [0.29, 0.717) is 18.7 Å². The number of hydrogen-bond donors (Lipinski definition) is 1. The first-order valence-electron chi connectivity index (χ1n) is 12.4. The Balaban J connectivity index is 1.60. The van der Waals surface area contributed by atoms with Crippen molar-refractivity contribution in [2.24, 2.45) is 0 Å². The first-order chi connectivity index (χ1) is 16.2. The molecule has 3 rings (SSSR count). The Labute approximate surface area is 198 Å². The molecule has 1 aromatic heterocycles. The van der Waals surface area contributed by atoms with Gasteiger partial charge in [-0.3, -0.25) is 0 Å². The van der Waals surface area contributed by atoms with Gasteiger partial charge in [0, 0.05) is 17.7 Å². The Kier molecular flexibility index (Phi) is 10.5. The zero-order valence-corrected chi connectivity index (χ0v) is 20.1. The quantitative estimate of drug-likeness (QED) is 0.309. The van der Waals surface area contributed by atoms with Crippen molar-refractivity contribution in [3.63, 3.8) is 0 Å². The number of halogens is 1.